The molecule has 3 heterocycles. The number of hydrogen-bond donors (Lipinski definition) is 3. The van der Waals surface area contributed by atoms with Gasteiger partial charge >= 0.3 is 0 Å². The molecule has 0 radical (unpaired) electrons. The number of nitrogens with zero attached hydrogens (tertiary/aromatic N) is 4. The van der Waals surface area contributed by atoms with Crippen molar-refractivity contribution in [1.82, 2.24) is 14.9 Å². The van der Waals surface area contributed by atoms with Crippen LogP contribution in [0.4, 0.5) is 34.5 Å². The van der Waals surface area contributed by atoms with Gasteiger partial charge < -0.3 is 25.8 Å². The molecule has 3 N–H and O–H groups in total. The van der Waals surface area contributed by atoms with Crippen molar-refractivity contribution in [3.05, 3.63) is 72.6 Å². The molecule has 1 fully saturated rings. The van der Waals surface area contributed by atoms with Crippen LogP contribution in [0.1, 0.15) is 0 Å². The standard InChI is InChI=1S/C26H27N7OS/c1-3-23(34)28-21-6-4-5-7-22(21)29-24-20-12-17-35-25(20)31-26(30-24)27-18-8-10-19(11-9-18)33-15-13-32(2)14-16-33/h3-12,17H,1,13-16H2,2H3,(H,28,34)(H2,27,29,30,31). The summed E-state index contributed by atoms with van der Waals surface area (Å²) in [5, 5.41) is 12.4. The lowest BCUT2D eigenvalue weighted by Crippen LogP contribution is -2.44. The van der Waals surface area contributed by atoms with Gasteiger partial charge in [-0.1, -0.05) is 18.7 Å². The smallest absolute Gasteiger partial charge is 0.247 e. The fourth-order valence-electron chi connectivity index (χ4n) is 3.97. The summed E-state index contributed by atoms with van der Waals surface area (Å²) in [4.78, 5) is 26.9. The van der Waals surface area contributed by atoms with E-state index in [1.165, 1.54) is 11.8 Å². The van der Waals surface area contributed by atoms with Crippen LogP contribution in [0.2, 0.25) is 0 Å². The third-order valence-corrected chi connectivity index (χ3v) is 6.75. The number of rotatable bonds is 7. The first-order valence-corrected chi connectivity index (χ1v) is 12.3. The van der Waals surface area contributed by atoms with E-state index in [1.54, 1.807) is 11.3 Å². The number of fused-ring (bicyclic) bond motifs is 1. The van der Waals surface area contributed by atoms with Gasteiger partial charge in [-0.3, -0.25) is 4.79 Å². The number of thiophene rings is 1. The monoisotopic (exact) mass is 485 g/mol. The maximum absolute atomic E-state index is 11.9. The van der Waals surface area contributed by atoms with Gasteiger partial charge in [-0.2, -0.15) is 4.98 Å². The molecule has 0 aliphatic carbocycles. The topological polar surface area (TPSA) is 85.4 Å². The summed E-state index contributed by atoms with van der Waals surface area (Å²) in [6.07, 6.45) is 1.25. The van der Waals surface area contributed by atoms with Crippen molar-refractivity contribution in [2.45, 2.75) is 0 Å². The Hall–Kier alpha value is -3.95. The fraction of sp³-hybridized carbons (Fsp3) is 0.192. The molecule has 0 atom stereocenters. The number of amides is 1. The van der Waals surface area contributed by atoms with Crippen LogP contribution in [0.5, 0.6) is 0 Å². The highest BCUT2D eigenvalue weighted by molar-refractivity contribution is 7.16. The lowest BCUT2D eigenvalue weighted by molar-refractivity contribution is -0.111. The second-order valence-corrected chi connectivity index (χ2v) is 9.26. The first-order valence-electron chi connectivity index (χ1n) is 11.4. The molecule has 4 aromatic rings. The number of hydrogen-bond acceptors (Lipinski definition) is 8. The minimum absolute atomic E-state index is 0.273. The van der Waals surface area contributed by atoms with Gasteiger partial charge in [-0.25, -0.2) is 4.98 Å². The summed E-state index contributed by atoms with van der Waals surface area (Å²) in [5.74, 6) is 0.889. The van der Waals surface area contributed by atoms with Crippen molar-refractivity contribution < 1.29 is 4.79 Å². The Morgan fingerprint density at radius 3 is 2.46 bits per heavy atom. The van der Waals surface area contributed by atoms with Gasteiger partial charge in [0.1, 0.15) is 10.6 Å². The number of anilines is 6. The molecule has 1 aliphatic heterocycles. The number of nitrogens with one attached hydrogen (secondary N) is 3. The van der Waals surface area contributed by atoms with Crippen molar-refractivity contribution in [3.63, 3.8) is 0 Å². The number of para-hydroxylation sites is 2. The molecule has 178 valence electrons. The van der Waals surface area contributed by atoms with Crippen molar-refractivity contribution in [3.8, 4) is 0 Å². The van der Waals surface area contributed by atoms with Crippen molar-refractivity contribution in [1.29, 1.82) is 0 Å². The first kappa shape index (κ1) is 22.8. The number of piperazine rings is 1. The maximum atomic E-state index is 11.9. The highest BCUT2D eigenvalue weighted by atomic mass is 32.1. The number of carbonyl (C=O) groups excluding carboxylic acids is 1. The number of aromatic nitrogens is 2. The Bertz CT molecular complexity index is 1340. The van der Waals surface area contributed by atoms with Crippen molar-refractivity contribution >= 4 is 62.0 Å². The highest BCUT2D eigenvalue weighted by Crippen LogP contribution is 2.32. The maximum Gasteiger partial charge on any atom is 0.247 e. The summed E-state index contributed by atoms with van der Waals surface area (Å²) in [6, 6.07) is 17.9. The predicted molar refractivity (Wildman–Crippen MR) is 145 cm³/mol. The van der Waals surface area contributed by atoms with Gasteiger partial charge in [0, 0.05) is 37.6 Å². The molecule has 0 saturated carbocycles. The highest BCUT2D eigenvalue weighted by Gasteiger charge is 2.15. The fourth-order valence-corrected chi connectivity index (χ4v) is 4.73. The van der Waals surface area contributed by atoms with Gasteiger partial charge in [-0.15, -0.1) is 11.3 Å². The lowest BCUT2D eigenvalue weighted by atomic mass is 10.2. The SMILES string of the molecule is C=CC(=O)Nc1ccccc1Nc1nc(Nc2ccc(N3CCN(C)CC3)cc2)nc2sccc12. The Kier molecular flexibility index (Phi) is 6.60. The minimum atomic E-state index is -0.273. The van der Waals surface area contributed by atoms with Gasteiger partial charge in [0.25, 0.3) is 0 Å². The zero-order chi connectivity index (χ0) is 24.2. The van der Waals surface area contributed by atoms with E-state index >= 15 is 0 Å². The summed E-state index contributed by atoms with van der Waals surface area (Å²) in [7, 11) is 2.16. The molecule has 35 heavy (non-hydrogen) atoms. The molecule has 1 saturated heterocycles. The lowest BCUT2D eigenvalue weighted by Gasteiger charge is -2.34. The average Bonchev–Trinajstić information content (AvgIpc) is 3.35. The van der Waals surface area contributed by atoms with Crippen LogP contribution < -0.4 is 20.9 Å². The molecule has 1 amide bonds. The molecule has 0 spiro atoms. The van der Waals surface area contributed by atoms with E-state index in [9.17, 15) is 4.79 Å². The molecule has 8 nitrogen and oxygen atoms in total. The summed E-state index contributed by atoms with van der Waals surface area (Å²) in [6.45, 7) is 7.74. The largest absolute Gasteiger partial charge is 0.369 e. The van der Waals surface area contributed by atoms with Crippen molar-refractivity contribution in [2.75, 3.05) is 54.1 Å². The number of carbonyl (C=O) groups is 1. The molecule has 2 aromatic carbocycles. The van der Waals surface area contributed by atoms with E-state index in [1.807, 2.05) is 35.7 Å². The summed E-state index contributed by atoms with van der Waals surface area (Å²) >= 11 is 1.55. The van der Waals surface area contributed by atoms with Gasteiger partial charge in [0.15, 0.2) is 0 Å². The minimum Gasteiger partial charge on any atom is -0.369 e. The van der Waals surface area contributed by atoms with Gasteiger partial charge in [-0.05, 0) is 61.0 Å². The Labute approximate surface area is 208 Å². The quantitative estimate of drug-likeness (QED) is 0.316. The molecule has 1 aliphatic rings. The van der Waals surface area contributed by atoms with Crippen LogP contribution in [0.15, 0.2) is 72.6 Å². The molecular weight excluding hydrogens is 458 g/mol. The van der Waals surface area contributed by atoms with E-state index in [-0.39, 0.29) is 5.91 Å². The molecule has 9 heteroatoms. The summed E-state index contributed by atoms with van der Waals surface area (Å²) in [5.41, 5.74) is 3.52. The van der Waals surface area contributed by atoms with Crippen LogP contribution in [0, 0.1) is 0 Å². The summed E-state index contributed by atoms with van der Waals surface area (Å²) < 4.78 is 0. The molecule has 0 bridgehead atoms. The Morgan fingerprint density at radius 2 is 1.71 bits per heavy atom. The van der Waals surface area contributed by atoms with Crippen LogP contribution >= 0.6 is 11.3 Å². The van der Waals surface area contributed by atoms with Crippen LogP contribution in [-0.4, -0.2) is 54.0 Å². The van der Waals surface area contributed by atoms with E-state index in [4.69, 9.17) is 9.97 Å². The number of likely N-dealkylation sites (N-methyl/N-ethyl adjacent to an activating group) is 1. The van der Waals surface area contributed by atoms with Crippen LogP contribution in [0.3, 0.4) is 0 Å². The third-order valence-electron chi connectivity index (χ3n) is 5.94. The second kappa shape index (κ2) is 10.1. The first-order chi connectivity index (χ1) is 17.1. The second-order valence-electron chi connectivity index (χ2n) is 8.36. The zero-order valence-corrected chi connectivity index (χ0v) is 20.3. The normalized spacial score (nSPS) is 14.0. The molecule has 5 rings (SSSR count). The van der Waals surface area contributed by atoms with E-state index < -0.39 is 0 Å². The van der Waals surface area contributed by atoms with E-state index in [2.05, 4.69) is 63.6 Å². The van der Waals surface area contributed by atoms with Crippen LogP contribution in [-0.2, 0) is 4.79 Å². The van der Waals surface area contributed by atoms with E-state index in [0.29, 0.717) is 17.5 Å². The molecule has 0 unspecified atom stereocenters. The Balaban J connectivity index is 1.37. The van der Waals surface area contributed by atoms with Crippen molar-refractivity contribution in [2.24, 2.45) is 0 Å². The molecular formula is C26H27N7OS. The zero-order valence-electron chi connectivity index (χ0n) is 19.5. The Morgan fingerprint density at radius 1 is 0.971 bits per heavy atom. The molecule has 2 aromatic heterocycles. The van der Waals surface area contributed by atoms with Gasteiger partial charge in [0.05, 0.1) is 16.8 Å². The van der Waals surface area contributed by atoms with Crippen LogP contribution in [0.25, 0.3) is 10.2 Å². The predicted octanol–water partition coefficient (Wildman–Crippen LogP) is 5.05. The average molecular weight is 486 g/mol. The van der Waals surface area contributed by atoms with Gasteiger partial charge in [0.2, 0.25) is 11.9 Å². The van der Waals surface area contributed by atoms with E-state index in [0.717, 1.165) is 47.8 Å². The third kappa shape index (κ3) is 5.26. The number of benzene rings is 2.